The lowest BCUT2D eigenvalue weighted by atomic mass is 10.3. The number of amides is 1. The molecule has 0 aliphatic heterocycles. The molecule has 2 aromatic rings. The quantitative estimate of drug-likeness (QED) is 0.630. The fourth-order valence-corrected chi connectivity index (χ4v) is 2.38. The maximum atomic E-state index is 11.8. The van der Waals surface area contributed by atoms with Crippen LogP contribution >= 0.6 is 11.3 Å². The molecular formula is C16H18N2O3S. The number of hydrazone groups is 1. The van der Waals surface area contributed by atoms with Crippen molar-refractivity contribution in [2.75, 3.05) is 13.2 Å². The molecule has 0 saturated carbocycles. The Morgan fingerprint density at radius 2 is 1.91 bits per heavy atom. The first-order chi connectivity index (χ1) is 10.7. The summed E-state index contributed by atoms with van der Waals surface area (Å²) in [4.78, 5) is 12.8. The van der Waals surface area contributed by atoms with Crippen LogP contribution in [0.3, 0.4) is 0 Å². The van der Waals surface area contributed by atoms with Crippen molar-refractivity contribution < 1.29 is 14.3 Å². The van der Waals surface area contributed by atoms with Crippen molar-refractivity contribution in [1.29, 1.82) is 0 Å². The summed E-state index contributed by atoms with van der Waals surface area (Å²) in [5.41, 5.74) is 3.24. The van der Waals surface area contributed by atoms with Crippen molar-refractivity contribution in [2.45, 2.75) is 13.8 Å². The lowest BCUT2D eigenvalue weighted by Gasteiger charge is -2.10. The predicted molar refractivity (Wildman–Crippen MR) is 87.8 cm³/mol. The Bertz CT molecular complexity index is 639. The van der Waals surface area contributed by atoms with E-state index in [9.17, 15) is 4.79 Å². The van der Waals surface area contributed by atoms with Crippen molar-refractivity contribution in [2.24, 2.45) is 5.10 Å². The van der Waals surface area contributed by atoms with Gasteiger partial charge in [0.2, 0.25) is 0 Å². The summed E-state index contributed by atoms with van der Waals surface area (Å²) in [5, 5.41) is 6.02. The first-order valence-electron chi connectivity index (χ1n) is 6.92. The fourth-order valence-electron chi connectivity index (χ4n) is 1.71. The van der Waals surface area contributed by atoms with Gasteiger partial charge in [0, 0.05) is 4.88 Å². The van der Waals surface area contributed by atoms with Crippen LogP contribution < -0.4 is 14.9 Å². The lowest BCUT2D eigenvalue weighted by molar-refractivity contribution is -0.123. The van der Waals surface area contributed by atoms with E-state index in [1.54, 1.807) is 23.5 Å². The monoisotopic (exact) mass is 318 g/mol. The van der Waals surface area contributed by atoms with Gasteiger partial charge in [-0.15, -0.1) is 11.3 Å². The molecule has 0 aliphatic rings. The molecule has 0 bridgehead atoms. The zero-order chi connectivity index (χ0) is 15.8. The fraction of sp³-hybridized carbons (Fsp3) is 0.250. The van der Waals surface area contributed by atoms with E-state index in [4.69, 9.17) is 9.47 Å². The van der Waals surface area contributed by atoms with Crippen LogP contribution in [0.2, 0.25) is 0 Å². The zero-order valence-electron chi connectivity index (χ0n) is 12.5. The van der Waals surface area contributed by atoms with Crippen molar-refractivity contribution in [1.82, 2.24) is 5.43 Å². The van der Waals surface area contributed by atoms with Gasteiger partial charge in [-0.3, -0.25) is 4.79 Å². The van der Waals surface area contributed by atoms with Gasteiger partial charge < -0.3 is 9.47 Å². The Kier molecular flexibility index (Phi) is 5.97. The van der Waals surface area contributed by atoms with Gasteiger partial charge >= 0.3 is 0 Å². The Labute approximate surface area is 133 Å². The molecule has 5 nitrogen and oxygen atoms in total. The largest absolute Gasteiger partial charge is 0.490 e. The zero-order valence-corrected chi connectivity index (χ0v) is 13.4. The van der Waals surface area contributed by atoms with Crippen LogP contribution in [0.4, 0.5) is 0 Å². The van der Waals surface area contributed by atoms with Crippen LogP contribution in [0.15, 0.2) is 46.9 Å². The highest BCUT2D eigenvalue weighted by molar-refractivity contribution is 7.12. The first kappa shape index (κ1) is 16.0. The van der Waals surface area contributed by atoms with Gasteiger partial charge in [0.25, 0.3) is 5.91 Å². The molecule has 0 fully saturated rings. The summed E-state index contributed by atoms with van der Waals surface area (Å²) in [6.07, 6.45) is 0. The van der Waals surface area contributed by atoms with Crippen molar-refractivity contribution in [3.63, 3.8) is 0 Å². The third-order valence-corrected chi connectivity index (χ3v) is 3.71. The molecule has 0 aliphatic carbocycles. The van der Waals surface area contributed by atoms with E-state index in [2.05, 4.69) is 10.5 Å². The van der Waals surface area contributed by atoms with Gasteiger partial charge in [-0.05, 0) is 37.4 Å². The van der Waals surface area contributed by atoms with Gasteiger partial charge in [0.15, 0.2) is 18.1 Å². The number of ether oxygens (including phenoxy) is 2. The van der Waals surface area contributed by atoms with Crippen LogP contribution in [0.1, 0.15) is 18.7 Å². The number of thiophene rings is 1. The summed E-state index contributed by atoms with van der Waals surface area (Å²) >= 11 is 1.57. The number of hydrogen-bond acceptors (Lipinski definition) is 5. The molecule has 0 spiro atoms. The van der Waals surface area contributed by atoms with Crippen molar-refractivity contribution in [3.8, 4) is 11.5 Å². The van der Waals surface area contributed by atoms with Gasteiger partial charge in [-0.2, -0.15) is 5.10 Å². The average molecular weight is 318 g/mol. The molecule has 1 aromatic heterocycles. The van der Waals surface area contributed by atoms with E-state index in [1.807, 2.05) is 43.5 Å². The molecule has 0 radical (unpaired) electrons. The Morgan fingerprint density at radius 3 is 2.55 bits per heavy atom. The third-order valence-electron chi connectivity index (χ3n) is 2.73. The Hall–Kier alpha value is -2.34. The Morgan fingerprint density at radius 1 is 1.18 bits per heavy atom. The van der Waals surface area contributed by atoms with E-state index in [0.717, 1.165) is 10.6 Å². The summed E-state index contributed by atoms with van der Waals surface area (Å²) in [7, 11) is 0. The lowest BCUT2D eigenvalue weighted by Crippen LogP contribution is -2.25. The first-order valence-corrected chi connectivity index (χ1v) is 7.80. The molecule has 6 heteroatoms. The van der Waals surface area contributed by atoms with E-state index >= 15 is 0 Å². The molecule has 116 valence electrons. The number of benzene rings is 1. The molecule has 2 rings (SSSR count). The van der Waals surface area contributed by atoms with E-state index in [-0.39, 0.29) is 12.5 Å². The topological polar surface area (TPSA) is 59.9 Å². The van der Waals surface area contributed by atoms with E-state index < -0.39 is 0 Å². The highest BCUT2D eigenvalue weighted by atomic mass is 32.1. The molecular weight excluding hydrogens is 300 g/mol. The normalized spacial score (nSPS) is 11.1. The van der Waals surface area contributed by atoms with Crippen LogP contribution in [-0.2, 0) is 4.79 Å². The van der Waals surface area contributed by atoms with Crippen LogP contribution in [0.25, 0.3) is 0 Å². The van der Waals surface area contributed by atoms with Gasteiger partial charge in [0.1, 0.15) is 0 Å². The molecule has 0 saturated heterocycles. The maximum absolute atomic E-state index is 11.8. The number of hydrogen-bond donors (Lipinski definition) is 1. The SMILES string of the molecule is CCOc1ccccc1OCC(=O)N/N=C(/C)c1cccs1. The number of carbonyl (C=O) groups excluding carboxylic acids is 1. The average Bonchev–Trinajstić information content (AvgIpc) is 3.06. The number of para-hydroxylation sites is 2. The van der Waals surface area contributed by atoms with Gasteiger partial charge in [-0.25, -0.2) is 5.43 Å². The molecule has 1 aromatic carbocycles. The van der Waals surface area contributed by atoms with Crippen LogP contribution in [0.5, 0.6) is 11.5 Å². The van der Waals surface area contributed by atoms with Crippen LogP contribution in [-0.4, -0.2) is 24.8 Å². The molecule has 0 unspecified atom stereocenters. The minimum atomic E-state index is -0.317. The number of nitrogens with zero attached hydrogens (tertiary/aromatic N) is 1. The van der Waals surface area contributed by atoms with Crippen molar-refractivity contribution >= 4 is 23.0 Å². The number of nitrogens with one attached hydrogen (secondary N) is 1. The second-order valence-electron chi connectivity index (χ2n) is 4.38. The van der Waals surface area contributed by atoms with Crippen molar-refractivity contribution in [3.05, 3.63) is 46.7 Å². The third kappa shape index (κ3) is 4.60. The predicted octanol–water partition coefficient (Wildman–Crippen LogP) is 3.07. The number of carbonyl (C=O) groups is 1. The number of rotatable bonds is 7. The highest BCUT2D eigenvalue weighted by Gasteiger charge is 2.07. The summed E-state index contributed by atoms with van der Waals surface area (Å²) in [5.74, 6) is 0.844. The summed E-state index contributed by atoms with van der Waals surface area (Å²) in [6, 6.07) is 11.1. The molecule has 0 atom stereocenters. The molecule has 1 heterocycles. The van der Waals surface area contributed by atoms with Crippen LogP contribution in [0, 0.1) is 0 Å². The minimum Gasteiger partial charge on any atom is -0.490 e. The second-order valence-corrected chi connectivity index (χ2v) is 5.33. The summed E-state index contributed by atoms with van der Waals surface area (Å²) in [6.45, 7) is 4.16. The standard InChI is InChI=1S/C16H18N2O3S/c1-3-20-13-7-4-5-8-14(13)21-11-16(19)18-17-12(2)15-9-6-10-22-15/h4-10H,3,11H2,1-2H3,(H,18,19)/b17-12-. The minimum absolute atomic E-state index is 0.120. The molecule has 1 amide bonds. The smallest absolute Gasteiger partial charge is 0.277 e. The maximum Gasteiger partial charge on any atom is 0.277 e. The van der Waals surface area contributed by atoms with E-state index in [0.29, 0.717) is 18.1 Å². The van der Waals surface area contributed by atoms with Gasteiger partial charge in [-0.1, -0.05) is 18.2 Å². The Balaban J connectivity index is 1.87. The highest BCUT2D eigenvalue weighted by Crippen LogP contribution is 2.26. The second kappa shape index (κ2) is 8.19. The molecule has 1 N–H and O–H groups in total. The molecule has 22 heavy (non-hydrogen) atoms. The van der Waals surface area contributed by atoms with E-state index in [1.165, 1.54) is 0 Å². The van der Waals surface area contributed by atoms with Gasteiger partial charge in [0.05, 0.1) is 12.3 Å². The summed E-state index contributed by atoms with van der Waals surface area (Å²) < 4.78 is 10.9.